The predicted octanol–water partition coefficient (Wildman–Crippen LogP) is 8.15. The number of ketones is 1. The quantitative estimate of drug-likeness (QED) is 0.0859. The number of rotatable bonds is 9. The van der Waals surface area contributed by atoms with E-state index in [0.717, 1.165) is 90.0 Å². The van der Waals surface area contributed by atoms with Crippen LogP contribution in [-0.4, -0.2) is 45.9 Å². The first-order chi connectivity index (χ1) is 22.7. The lowest BCUT2D eigenvalue weighted by atomic mass is 10.0. The van der Waals surface area contributed by atoms with Crippen molar-refractivity contribution in [3.63, 3.8) is 0 Å². The van der Waals surface area contributed by atoms with E-state index in [1.807, 2.05) is 43.6 Å². The molecule has 0 saturated heterocycles. The van der Waals surface area contributed by atoms with E-state index < -0.39 is 0 Å². The Labute approximate surface area is 278 Å². The highest BCUT2D eigenvalue weighted by atomic mass is 16.5. The van der Waals surface area contributed by atoms with Gasteiger partial charge in [0.25, 0.3) is 0 Å². The van der Waals surface area contributed by atoms with E-state index in [4.69, 9.17) is 14.5 Å². The van der Waals surface area contributed by atoms with Gasteiger partial charge < -0.3 is 19.7 Å². The molecule has 0 fully saturated rings. The van der Waals surface area contributed by atoms with E-state index in [9.17, 15) is 4.79 Å². The van der Waals surface area contributed by atoms with Crippen LogP contribution in [0.4, 0.5) is 11.4 Å². The fraction of sp³-hybridized carbons (Fsp3) is 0.368. The van der Waals surface area contributed by atoms with E-state index in [2.05, 4.69) is 84.1 Å². The highest BCUT2D eigenvalue weighted by molar-refractivity contribution is 6.10. The second-order valence-electron chi connectivity index (χ2n) is 11.7. The van der Waals surface area contributed by atoms with E-state index >= 15 is 0 Å². The zero-order valence-corrected chi connectivity index (χ0v) is 28.6. The Hall–Kier alpha value is -5.10. The van der Waals surface area contributed by atoms with Crippen LogP contribution in [0, 0.1) is 31.6 Å². The second kappa shape index (κ2) is 17.0. The van der Waals surface area contributed by atoms with Crippen molar-refractivity contribution in [2.45, 2.75) is 67.7 Å². The van der Waals surface area contributed by atoms with Crippen LogP contribution in [-0.2, 0) is 4.79 Å². The smallest absolute Gasteiger partial charge is 0.202 e. The molecule has 1 N–H and O–H groups in total. The summed E-state index contributed by atoms with van der Waals surface area (Å²) in [4.78, 5) is 21.5. The van der Waals surface area contributed by atoms with E-state index in [0.29, 0.717) is 11.7 Å². The number of ether oxygens (including phenoxy) is 2. The van der Waals surface area contributed by atoms with Crippen molar-refractivity contribution < 1.29 is 14.3 Å². The molecule has 9 nitrogen and oxygen atoms in total. The van der Waals surface area contributed by atoms with Crippen LogP contribution in [0.3, 0.4) is 0 Å². The zero-order chi connectivity index (χ0) is 33.8. The average Bonchev–Trinajstić information content (AvgIpc) is 3.45. The zero-order valence-electron chi connectivity index (χ0n) is 28.6. The second-order valence-corrected chi connectivity index (χ2v) is 11.7. The van der Waals surface area contributed by atoms with Gasteiger partial charge in [-0.05, 0) is 87.1 Å². The molecule has 5 rings (SSSR count). The van der Waals surface area contributed by atoms with Crippen molar-refractivity contribution >= 4 is 28.6 Å². The number of benzene rings is 2. The van der Waals surface area contributed by atoms with Crippen LogP contribution in [0.5, 0.6) is 17.2 Å². The van der Waals surface area contributed by atoms with Crippen LogP contribution in [0.15, 0.2) is 72.3 Å². The van der Waals surface area contributed by atoms with E-state index in [-0.39, 0.29) is 5.78 Å². The summed E-state index contributed by atoms with van der Waals surface area (Å²) < 4.78 is 14.2. The lowest BCUT2D eigenvalue weighted by Gasteiger charge is -2.26. The summed E-state index contributed by atoms with van der Waals surface area (Å²) >= 11 is 0. The van der Waals surface area contributed by atoms with E-state index in [1.54, 1.807) is 11.4 Å². The molecule has 0 saturated carbocycles. The van der Waals surface area contributed by atoms with Crippen LogP contribution < -0.4 is 19.7 Å². The minimum atomic E-state index is -0.0718. The first-order valence-corrected chi connectivity index (χ1v) is 16.3. The third kappa shape index (κ3) is 9.69. The van der Waals surface area contributed by atoms with Gasteiger partial charge in [0.2, 0.25) is 5.78 Å². The van der Waals surface area contributed by atoms with Crippen molar-refractivity contribution in [2.75, 3.05) is 29.9 Å². The van der Waals surface area contributed by atoms with Crippen molar-refractivity contribution in [1.82, 2.24) is 14.6 Å². The minimum Gasteiger partial charge on any atom is -0.491 e. The molecule has 0 aliphatic carbocycles. The summed E-state index contributed by atoms with van der Waals surface area (Å²) in [6.07, 6.45) is 10.5. The van der Waals surface area contributed by atoms with Crippen LogP contribution in [0.2, 0.25) is 0 Å². The third-order valence-corrected chi connectivity index (χ3v) is 7.50. The summed E-state index contributed by atoms with van der Waals surface area (Å²) in [6, 6.07) is 14.3. The number of fused-ring (bicyclic) bond motifs is 2. The van der Waals surface area contributed by atoms with Crippen molar-refractivity contribution in [2.24, 2.45) is 10.9 Å². The summed E-state index contributed by atoms with van der Waals surface area (Å²) in [6.45, 7) is 16.6. The molecule has 1 unspecified atom stereocenters. The van der Waals surface area contributed by atoms with Crippen molar-refractivity contribution in [3.8, 4) is 29.1 Å². The molecule has 2 aromatic carbocycles. The van der Waals surface area contributed by atoms with Gasteiger partial charge in [0.1, 0.15) is 29.4 Å². The molecule has 1 aliphatic rings. The Balaban J connectivity index is 0.000000762. The molecule has 3 heterocycles. The predicted molar refractivity (Wildman–Crippen MR) is 191 cm³/mol. The highest BCUT2D eigenvalue weighted by Crippen LogP contribution is 2.36. The third-order valence-electron chi connectivity index (χ3n) is 7.50. The SMILES string of the molecule is CC#CC(C)=O.CC/C=C/N=C(Nc1ccc(Oc2ccn3ncnc3c2)c(C)c1)c1cc2c(cc1C)OCC(C)CN2CCCC. The maximum absolute atomic E-state index is 9.87. The Kier molecular flexibility index (Phi) is 12.6. The number of aryl methyl sites for hydroxylation is 2. The molecular weight excluding hydrogens is 588 g/mol. The standard InChI is InChI=1S/C33H40N6O2.C5H6O/c1-6-8-13-34-33(28-19-29-31(17-24(28)4)40-21-23(3)20-38(29)14-9-7-2)37-26-10-11-30(25(5)16-26)41-27-12-15-39-32(18-27)35-22-36-39;1-3-4-5(2)6/h8,10-13,15-19,22-23H,6-7,9,14,20-21H2,1-5H3,(H,34,37);1-2H3/b13-8+;. The fourth-order valence-electron chi connectivity index (χ4n) is 5.15. The van der Waals surface area contributed by atoms with Crippen molar-refractivity contribution in [1.29, 1.82) is 0 Å². The number of amidine groups is 1. The normalized spacial score (nSPS) is 14.3. The van der Waals surface area contributed by atoms with Gasteiger partial charge in [-0.3, -0.25) is 4.79 Å². The Morgan fingerprint density at radius 1 is 1.17 bits per heavy atom. The number of unbranched alkanes of at least 4 members (excludes halogenated alkanes) is 1. The molecule has 0 bridgehead atoms. The first-order valence-electron chi connectivity index (χ1n) is 16.3. The first kappa shape index (κ1) is 34.8. The Morgan fingerprint density at radius 3 is 2.70 bits per heavy atom. The van der Waals surface area contributed by atoms with Crippen molar-refractivity contribution in [3.05, 3.63) is 84.0 Å². The lowest BCUT2D eigenvalue weighted by molar-refractivity contribution is -0.111. The van der Waals surface area contributed by atoms with Crippen LogP contribution >= 0.6 is 0 Å². The number of carbonyl (C=O) groups excluding carboxylic acids is 1. The minimum absolute atomic E-state index is 0.0718. The summed E-state index contributed by atoms with van der Waals surface area (Å²) in [5, 5.41) is 7.75. The number of nitrogens with one attached hydrogen (secondary N) is 1. The number of hydrogen-bond acceptors (Lipinski definition) is 7. The number of aliphatic imine (C=N–C) groups is 1. The Morgan fingerprint density at radius 2 is 2.00 bits per heavy atom. The molecule has 0 radical (unpaired) electrons. The van der Waals surface area contributed by atoms with Gasteiger partial charge in [-0.2, -0.15) is 5.10 Å². The van der Waals surface area contributed by atoms with Gasteiger partial charge in [-0.1, -0.05) is 39.2 Å². The number of pyridine rings is 1. The summed E-state index contributed by atoms with van der Waals surface area (Å²) in [5.74, 6) is 8.43. The molecule has 2 aromatic heterocycles. The monoisotopic (exact) mass is 634 g/mol. The maximum atomic E-state index is 9.87. The van der Waals surface area contributed by atoms with Gasteiger partial charge in [0.05, 0.1) is 12.3 Å². The summed E-state index contributed by atoms with van der Waals surface area (Å²) in [5.41, 5.74) is 6.00. The topological polar surface area (TPSA) is 93.3 Å². The molecule has 1 atom stereocenters. The van der Waals surface area contributed by atoms with Crippen LogP contribution in [0.25, 0.3) is 5.65 Å². The van der Waals surface area contributed by atoms with Gasteiger partial charge in [-0.25, -0.2) is 14.5 Å². The largest absolute Gasteiger partial charge is 0.491 e. The maximum Gasteiger partial charge on any atom is 0.202 e. The molecule has 0 amide bonds. The molecule has 4 aromatic rings. The lowest BCUT2D eigenvalue weighted by Crippen LogP contribution is -2.29. The van der Waals surface area contributed by atoms with E-state index in [1.165, 1.54) is 13.3 Å². The number of anilines is 2. The summed E-state index contributed by atoms with van der Waals surface area (Å²) in [7, 11) is 0. The van der Waals surface area contributed by atoms with Crippen LogP contribution in [0.1, 0.15) is 70.6 Å². The number of hydrogen-bond donors (Lipinski definition) is 1. The molecule has 47 heavy (non-hydrogen) atoms. The van der Waals surface area contributed by atoms with Gasteiger partial charge >= 0.3 is 0 Å². The van der Waals surface area contributed by atoms with Gasteiger partial charge in [-0.15, -0.1) is 0 Å². The Bertz CT molecular complexity index is 1800. The molecule has 246 valence electrons. The number of aromatic nitrogens is 3. The number of Topliss-reactive ketones (excluding diaryl/α,β-unsaturated/α-hetero) is 1. The molecule has 9 heteroatoms. The number of nitrogens with zero attached hydrogens (tertiary/aromatic N) is 5. The highest BCUT2D eigenvalue weighted by Gasteiger charge is 2.23. The fourth-order valence-corrected chi connectivity index (χ4v) is 5.15. The molecule has 0 spiro atoms. The number of carbonyl (C=O) groups is 1. The molecule has 1 aliphatic heterocycles. The number of allylic oxidation sites excluding steroid dienone is 1. The average molecular weight is 635 g/mol. The van der Waals surface area contributed by atoms with Gasteiger partial charge in [0, 0.05) is 55.6 Å². The molecular formula is C38H46N6O3. The van der Waals surface area contributed by atoms with Gasteiger partial charge in [0.15, 0.2) is 5.65 Å².